The van der Waals surface area contributed by atoms with Gasteiger partial charge in [-0.3, -0.25) is 4.79 Å². The predicted molar refractivity (Wildman–Crippen MR) is 76.5 cm³/mol. The molecule has 2 unspecified atom stereocenters. The van der Waals surface area contributed by atoms with Gasteiger partial charge in [-0.2, -0.15) is 0 Å². The zero-order valence-corrected chi connectivity index (χ0v) is 11.5. The Morgan fingerprint density at radius 2 is 2.11 bits per heavy atom. The first kappa shape index (κ1) is 13.8. The molecule has 3 heteroatoms. The van der Waals surface area contributed by atoms with E-state index in [4.69, 9.17) is 0 Å². The van der Waals surface area contributed by atoms with Crippen molar-refractivity contribution >= 4 is 11.5 Å². The quantitative estimate of drug-likeness (QED) is 0.846. The number of carbonyl (C=O) groups excluding carboxylic acids is 1. The molecule has 0 radical (unpaired) electrons. The Morgan fingerprint density at radius 1 is 1.42 bits per heavy atom. The van der Waals surface area contributed by atoms with E-state index in [-0.39, 0.29) is 18.6 Å². The van der Waals surface area contributed by atoms with Crippen LogP contribution >= 0.6 is 0 Å². The van der Waals surface area contributed by atoms with Gasteiger partial charge in [0.15, 0.2) is 0 Å². The summed E-state index contributed by atoms with van der Waals surface area (Å²) in [5, 5.41) is 9.39. The Kier molecular flexibility index (Phi) is 4.38. The van der Waals surface area contributed by atoms with Gasteiger partial charge in [-0.1, -0.05) is 37.3 Å². The third kappa shape index (κ3) is 3.04. The number of aliphatic hydroxyl groups is 1. The molecule has 2 rings (SSSR count). The minimum atomic E-state index is -0.0349. The maximum absolute atomic E-state index is 12.3. The smallest absolute Gasteiger partial charge is 0.247 e. The van der Waals surface area contributed by atoms with E-state index < -0.39 is 0 Å². The Hall–Kier alpha value is -1.61. The number of hydrogen-bond donors (Lipinski definition) is 1. The Labute approximate surface area is 114 Å². The normalized spacial score (nSPS) is 23.7. The number of likely N-dealkylation sites (tertiary alicyclic amines) is 1. The highest BCUT2D eigenvalue weighted by atomic mass is 16.3. The summed E-state index contributed by atoms with van der Waals surface area (Å²) in [6.45, 7) is 4.82. The summed E-state index contributed by atoms with van der Waals surface area (Å²) >= 11 is 0. The molecule has 1 N–H and O–H groups in total. The standard InChI is InChI=1S/C16H21NO2/c1-12-8-9-17(15(12)11-18)16(19)10-13(2)14-6-4-3-5-7-14/h3-7,10,12,15,18H,8-9,11H2,1-2H3/b13-10+. The van der Waals surface area contributed by atoms with Gasteiger partial charge in [0.25, 0.3) is 0 Å². The molecule has 2 atom stereocenters. The number of nitrogens with zero attached hydrogens (tertiary/aromatic N) is 1. The van der Waals surface area contributed by atoms with Crippen LogP contribution < -0.4 is 0 Å². The first-order valence-corrected chi connectivity index (χ1v) is 6.78. The van der Waals surface area contributed by atoms with Gasteiger partial charge in [-0.05, 0) is 30.4 Å². The Bertz CT molecular complexity index is 467. The molecule has 3 nitrogen and oxygen atoms in total. The van der Waals surface area contributed by atoms with Crippen LogP contribution in [0, 0.1) is 5.92 Å². The predicted octanol–water partition coefficient (Wildman–Crippen LogP) is 2.32. The molecular weight excluding hydrogens is 238 g/mol. The van der Waals surface area contributed by atoms with Crippen molar-refractivity contribution in [2.75, 3.05) is 13.2 Å². The number of carbonyl (C=O) groups is 1. The second kappa shape index (κ2) is 6.02. The maximum Gasteiger partial charge on any atom is 0.247 e. The van der Waals surface area contributed by atoms with Gasteiger partial charge in [-0.25, -0.2) is 0 Å². The molecule has 0 spiro atoms. The van der Waals surface area contributed by atoms with Gasteiger partial charge >= 0.3 is 0 Å². The van der Waals surface area contributed by atoms with E-state index >= 15 is 0 Å². The summed E-state index contributed by atoms with van der Waals surface area (Å²) in [4.78, 5) is 14.1. The first-order chi connectivity index (χ1) is 9.13. The molecular formula is C16H21NO2. The fourth-order valence-corrected chi connectivity index (χ4v) is 2.61. The van der Waals surface area contributed by atoms with Gasteiger partial charge in [0.1, 0.15) is 0 Å². The highest BCUT2D eigenvalue weighted by Gasteiger charge is 2.32. The van der Waals surface area contributed by atoms with Crippen molar-refractivity contribution in [2.45, 2.75) is 26.3 Å². The van der Waals surface area contributed by atoms with Crippen LogP contribution in [0.2, 0.25) is 0 Å². The number of rotatable bonds is 3. The highest BCUT2D eigenvalue weighted by molar-refractivity contribution is 5.95. The lowest BCUT2D eigenvalue weighted by atomic mass is 10.0. The molecule has 1 aromatic carbocycles. The van der Waals surface area contributed by atoms with Crippen LogP contribution in [-0.2, 0) is 4.79 Å². The SMILES string of the molecule is C/C(=C\C(=O)N1CCC(C)C1CO)c1ccccc1. The molecule has 0 saturated carbocycles. The summed E-state index contributed by atoms with van der Waals surface area (Å²) in [6.07, 6.45) is 2.64. The molecule has 1 aliphatic rings. The van der Waals surface area contributed by atoms with Crippen LogP contribution in [-0.4, -0.2) is 35.1 Å². The van der Waals surface area contributed by atoms with Crippen molar-refractivity contribution in [3.63, 3.8) is 0 Å². The molecule has 1 fully saturated rings. The lowest BCUT2D eigenvalue weighted by Crippen LogP contribution is -2.39. The Morgan fingerprint density at radius 3 is 2.74 bits per heavy atom. The molecule has 1 saturated heterocycles. The molecule has 0 aliphatic carbocycles. The van der Waals surface area contributed by atoms with Crippen molar-refractivity contribution < 1.29 is 9.90 Å². The summed E-state index contributed by atoms with van der Waals surface area (Å²) in [7, 11) is 0. The van der Waals surface area contributed by atoms with Crippen molar-refractivity contribution in [2.24, 2.45) is 5.92 Å². The van der Waals surface area contributed by atoms with Gasteiger partial charge in [0, 0.05) is 12.6 Å². The van der Waals surface area contributed by atoms with E-state index in [1.165, 1.54) is 0 Å². The van der Waals surface area contributed by atoms with Gasteiger partial charge < -0.3 is 10.0 Å². The second-order valence-corrected chi connectivity index (χ2v) is 5.24. The minimum Gasteiger partial charge on any atom is -0.394 e. The summed E-state index contributed by atoms with van der Waals surface area (Å²) in [5.74, 6) is 0.379. The van der Waals surface area contributed by atoms with Crippen molar-refractivity contribution in [1.29, 1.82) is 0 Å². The van der Waals surface area contributed by atoms with Gasteiger partial charge in [0.2, 0.25) is 5.91 Å². The zero-order valence-electron chi connectivity index (χ0n) is 11.5. The number of benzene rings is 1. The van der Waals surface area contributed by atoms with Crippen LogP contribution in [0.15, 0.2) is 36.4 Å². The van der Waals surface area contributed by atoms with E-state index in [2.05, 4.69) is 6.92 Å². The van der Waals surface area contributed by atoms with E-state index in [1.807, 2.05) is 37.3 Å². The first-order valence-electron chi connectivity index (χ1n) is 6.78. The average molecular weight is 259 g/mol. The molecule has 1 aliphatic heterocycles. The van der Waals surface area contributed by atoms with E-state index in [0.717, 1.165) is 24.1 Å². The average Bonchev–Trinajstić information content (AvgIpc) is 2.80. The molecule has 1 heterocycles. The number of hydrogen-bond acceptors (Lipinski definition) is 2. The molecule has 102 valence electrons. The molecule has 0 aromatic heterocycles. The van der Waals surface area contributed by atoms with E-state index in [9.17, 15) is 9.90 Å². The van der Waals surface area contributed by atoms with Crippen LogP contribution in [0.5, 0.6) is 0 Å². The largest absolute Gasteiger partial charge is 0.394 e. The zero-order chi connectivity index (χ0) is 13.8. The number of aliphatic hydroxyl groups excluding tert-OH is 1. The van der Waals surface area contributed by atoms with E-state index in [0.29, 0.717) is 5.92 Å². The summed E-state index contributed by atoms with van der Waals surface area (Å²) < 4.78 is 0. The number of amides is 1. The topological polar surface area (TPSA) is 40.5 Å². The summed E-state index contributed by atoms with van der Waals surface area (Å²) in [6, 6.07) is 9.84. The highest BCUT2D eigenvalue weighted by Crippen LogP contribution is 2.24. The van der Waals surface area contributed by atoms with Crippen LogP contribution in [0.3, 0.4) is 0 Å². The van der Waals surface area contributed by atoms with Gasteiger partial charge in [0.05, 0.1) is 12.6 Å². The number of allylic oxidation sites excluding steroid dienone is 1. The monoisotopic (exact) mass is 259 g/mol. The lowest BCUT2D eigenvalue weighted by molar-refractivity contribution is -0.127. The molecule has 1 amide bonds. The fraction of sp³-hybridized carbons (Fsp3) is 0.438. The fourth-order valence-electron chi connectivity index (χ4n) is 2.61. The molecule has 1 aromatic rings. The second-order valence-electron chi connectivity index (χ2n) is 5.24. The van der Waals surface area contributed by atoms with Gasteiger partial charge in [-0.15, -0.1) is 0 Å². The third-order valence-corrected chi connectivity index (χ3v) is 3.92. The molecule has 19 heavy (non-hydrogen) atoms. The van der Waals surface area contributed by atoms with Crippen LogP contribution in [0.25, 0.3) is 5.57 Å². The minimum absolute atomic E-state index is 0.00440. The van der Waals surface area contributed by atoms with Crippen molar-refractivity contribution in [1.82, 2.24) is 4.90 Å². The van der Waals surface area contributed by atoms with Crippen molar-refractivity contribution in [3.05, 3.63) is 42.0 Å². The summed E-state index contributed by atoms with van der Waals surface area (Å²) in [5.41, 5.74) is 2.02. The van der Waals surface area contributed by atoms with E-state index in [1.54, 1.807) is 11.0 Å². The lowest BCUT2D eigenvalue weighted by Gasteiger charge is -2.24. The third-order valence-electron chi connectivity index (χ3n) is 3.92. The van der Waals surface area contributed by atoms with Crippen molar-refractivity contribution in [3.8, 4) is 0 Å². The maximum atomic E-state index is 12.3. The molecule has 0 bridgehead atoms. The van der Waals surface area contributed by atoms with Crippen LogP contribution in [0.1, 0.15) is 25.8 Å². The Balaban J connectivity index is 2.13. The van der Waals surface area contributed by atoms with Crippen LogP contribution in [0.4, 0.5) is 0 Å².